The molecule has 7 heteroatoms. The molecular weight excluding hydrogens is 362 g/mol. The molecule has 2 atom stereocenters. The van der Waals surface area contributed by atoms with Crippen LogP contribution in [0.25, 0.3) is 0 Å². The van der Waals surface area contributed by atoms with Crippen LogP contribution in [0.2, 0.25) is 0 Å². The molecule has 0 aromatic heterocycles. The SMILES string of the molecule is CC1CCCCC12NC(=O)N(CC(=O)N1CCCSc3ccccc31)C2=O. The summed E-state index contributed by atoms with van der Waals surface area (Å²) in [4.78, 5) is 42.6. The average molecular weight is 388 g/mol. The smallest absolute Gasteiger partial charge is 0.323 e. The number of fused-ring (bicyclic) bond motifs is 1. The van der Waals surface area contributed by atoms with Crippen LogP contribution in [0.1, 0.15) is 39.0 Å². The van der Waals surface area contributed by atoms with Crippen molar-refractivity contribution in [1.82, 2.24) is 10.2 Å². The first-order valence-corrected chi connectivity index (χ1v) is 10.7. The van der Waals surface area contributed by atoms with Crippen molar-refractivity contribution in [2.75, 3.05) is 23.7 Å². The van der Waals surface area contributed by atoms with Gasteiger partial charge in [-0.1, -0.05) is 31.9 Å². The average Bonchev–Trinajstić information content (AvgIpc) is 2.82. The monoisotopic (exact) mass is 387 g/mol. The van der Waals surface area contributed by atoms with E-state index in [-0.39, 0.29) is 24.3 Å². The zero-order valence-electron chi connectivity index (χ0n) is 15.6. The van der Waals surface area contributed by atoms with Gasteiger partial charge in [-0.15, -0.1) is 11.8 Å². The number of thioether (sulfide) groups is 1. The van der Waals surface area contributed by atoms with Crippen molar-refractivity contribution in [3.05, 3.63) is 24.3 Å². The van der Waals surface area contributed by atoms with Gasteiger partial charge in [-0.25, -0.2) is 4.79 Å². The maximum Gasteiger partial charge on any atom is 0.325 e. The van der Waals surface area contributed by atoms with E-state index in [4.69, 9.17) is 0 Å². The van der Waals surface area contributed by atoms with E-state index in [2.05, 4.69) is 5.32 Å². The van der Waals surface area contributed by atoms with Gasteiger partial charge in [-0.2, -0.15) is 0 Å². The lowest BCUT2D eigenvalue weighted by Gasteiger charge is -2.36. The molecule has 0 bridgehead atoms. The second kappa shape index (κ2) is 7.19. The molecule has 2 heterocycles. The van der Waals surface area contributed by atoms with Crippen LogP contribution >= 0.6 is 11.8 Å². The Morgan fingerprint density at radius 1 is 1.26 bits per heavy atom. The fourth-order valence-electron chi connectivity index (χ4n) is 4.45. The number of carbonyl (C=O) groups excluding carboxylic acids is 3. The third-order valence-corrected chi connectivity index (χ3v) is 7.18. The lowest BCUT2D eigenvalue weighted by Crippen LogP contribution is -2.54. The maximum absolute atomic E-state index is 13.1. The number of nitrogens with zero attached hydrogens (tertiary/aromatic N) is 2. The predicted octanol–water partition coefficient (Wildman–Crippen LogP) is 3.02. The lowest BCUT2D eigenvalue weighted by molar-refractivity contribution is -0.136. The largest absolute Gasteiger partial charge is 0.325 e. The topological polar surface area (TPSA) is 69.7 Å². The van der Waals surface area contributed by atoms with Crippen molar-refractivity contribution in [3.63, 3.8) is 0 Å². The Labute approximate surface area is 163 Å². The van der Waals surface area contributed by atoms with Gasteiger partial charge in [0.05, 0.1) is 5.69 Å². The highest BCUT2D eigenvalue weighted by atomic mass is 32.2. The Kier molecular flexibility index (Phi) is 4.88. The number of anilines is 1. The van der Waals surface area contributed by atoms with E-state index in [1.807, 2.05) is 31.2 Å². The van der Waals surface area contributed by atoms with Crippen molar-refractivity contribution < 1.29 is 14.4 Å². The zero-order valence-corrected chi connectivity index (χ0v) is 16.4. The lowest BCUT2D eigenvalue weighted by atomic mass is 9.73. The molecule has 2 fully saturated rings. The molecule has 1 aromatic rings. The Hall–Kier alpha value is -2.02. The highest BCUT2D eigenvalue weighted by Crippen LogP contribution is 2.38. The molecule has 1 N–H and O–H groups in total. The molecule has 27 heavy (non-hydrogen) atoms. The number of rotatable bonds is 2. The summed E-state index contributed by atoms with van der Waals surface area (Å²) in [5, 5.41) is 2.92. The number of nitrogens with one attached hydrogen (secondary N) is 1. The van der Waals surface area contributed by atoms with Gasteiger partial charge in [0.2, 0.25) is 5.91 Å². The number of para-hydroxylation sites is 1. The first-order chi connectivity index (χ1) is 13.0. The highest BCUT2D eigenvalue weighted by molar-refractivity contribution is 7.99. The highest BCUT2D eigenvalue weighted by Gasteiger charge is 2.55. The Morgan fingerprint density at radius 2 is 2.07 bits per heavy atom. The Morgan fingerprint density at radius 3 is 2.89 bits per heavy atom. The number of imide groups is 1. The summed E-state index contributed by atoms with van der Waals surface area (Å²) in [5.74, 6) is 0.613. The van der Waals surface area contributed by atoms with Crippen LogP contribution in [-0.4, -0.2) is 47.1 Å². The normalized spacial score (nSPS) is 28.1. The standard InChI is InChI=1S/C20H25N3O3S/c1-14-7-4-5-10-20(14)18(25)23(19(26)21-20)13-17(24)22-11-6-12-27-16-9-3-2-8-15(16)22/h2-3,8-9,14H,4-7,10-13H2,1H3,(H,21,26). The van der Waals surface area contributed by atoms with Crippen molar-refractivity contribution in [2.24, 2.45) is 5.92 Å². The maximum atomic E-state index is 13.1. The number of urea groups is 1. The summed E-state index contributed by atoms with van der Waals surface area (Å²) in [6.07, 6.45) is 4.46. The van der Waals surface area contributed by atoms with Crippen LogP contribution in [0.4, 0.5) is 10.5 Å². The van der Waals surface area contributed by atoms with E-state index in [1.165, 1.54) is 0 Å². The van der Waals surface area contributed by atoms with Gasteiger partial charge in [-0.05, 0) is 43.1 Å². The van der Waals surface area contributed by atoms with E-state index in [9.17, 15) is 14.4 Å². The van der Waals surface area contributed by atoms with E-state index in [0.29, 0.717) is 13.0 Å². The molecule has 6 nitrogen and oxygen atoms in total. The fourth-order valence-corrected chi connectivity index (χ4v) is 5.44. The molecule has 4 amide bonds. The Bertz CT molecular complexity index is 783. The Balaban J connectivity index is 1.55. The summed E-state index contributed by atoms with van der Waals surface area (Å²) in [6.45, 7) is 2.43. The minimum atomic E-state index is -0.817. The van der Waals surface area contributed by atoms with Gasteiger partial charge in [0.1, 0.15) is 12.1 Å². The number of amides is 4. The van der Waals surface area contributed by atoms with Crippen LogP contribution in [0, 0.1) is 5.92 Å². The van der Waals surface area contributed by atoms with Gasteiger partial charge in [0.25, 0.3) is 5.91 Å². The second-order valence-corrected chi connectivity index (χ2v) is 8.79. The molecule has 1 saturated carbocycles. The first-order valence-electron chi connectivity index (χ1n) is 9.69. The van der Waals surface area contributed by atoms with Crippen molar-refractivity contribution in [3.8, 4) is 0 Å². The van der Waals surface area contributed by atoms with Gasteiger partial charge in [0.15, 0.2) is 0 Å². The van der Waals surface area contributed by atoms with Crippen molar-refractivity contribution in [2.45, 2.75) is 49.5 Å². The molecular formula is C20H25N3O3S. The summed E-state index contributed by atoms with van der Waals surface area (Å²) in [7, 11) is 0. The molecule has 144 valence electrons. The molecule has 1 aliphatic carbocycles. The third-order valence-electron chi connectivity index (χ3n) is 6.04. The van der Waals surface area contributed by atoms with E-state index in [1.54, 1.807) is 16.7 Å². The fraction of sp³-hybridized carbons (Fsp3) is 0.550. The number of benzene rings is 1. The molecule has 2 aliphatic heterocycles. The molecule has 0 radical (unpaired) electrons. The minimum Gasteiger partial charge on any atom is -0.323 e. The molecule has 3 aliphatic rings. The first kappa shape index (κ1) is 18.3. The van der Waals surface area contributed by atoms with Crippen molar-refractivity contribution >= 4 is 35.3 Å². The van der Waals surface area contributed by atoms with E-state index < -0.39 is 11.6 Å². The summed E-state index contributed by atoms with van der Waals surface area (Å²) < 4.78 is 0. The second-order valence-electron chi connectivity index (χ2n) is 7.65. The molecule has 2 unspecified atom stereocenters. The van der Waals surface area contributed by atoms with Crippen LogP contribution in [0.3, 0.4) is 0 Å². The summed E-state index contributed by atoms with van der Waals surface area (Å²) >= 11 is 1.74. The van der Waals surface area contributed by atoms with Gasteiger partial charge in [0, 0.05) is 11.4 Å². The summed E-state index contributed by atoms with van der Waals surface area (Å²) in [6, 6.07) is 7.39. The van der Waals surface area contributed by atoms with E-state index >= 15 is 0 Å². The summed E-state index contributed by atoms with van der Waals surface area (Å²) in [5.41, 5.74) is 0.0557. The van der Waals surface area contributed by atoms with E-state index in [0.717, 1.165) is 46.9 Å². The minimum absolute atomic E-state index is 0.0955. The quantitative estimate of drug-likeness (QED) is 0.792. The van der Waals surface area contributed by atoms with Crippen LogP contribution < -0.4 is 10.2 Å². The number of hydrogen-bond acceptors (Lipinski definition) is 4. The van der Waals surface area contributed by atoms with Gasteiger partial charge < -0.3 is 10.2 Å². The number of carbonyl (C=O) groups is 3. The third kappa shape index (κ3) is 3.12. The van der Waals surface area contributed by atoms with Crippen molar-refractivity contribution in [1.29, 1.82) is 0 Å². The predicted molar refractivity (Wildman–Crippen MR) is 105 cm³/mol. The van der Waals surface area contributed by atoms with Crippen LogP contribution in [-0.2, 0) is 9.59 Å². The molecule has 1 saturated heterocycles. The molecule has 1 aromatic carbocycles. The van der Waals surface area contributed by atoms with Gasteiger partial charge >= 0.3 is 6.03 Å². The zero-order chi connectivity index (χ0) is 19.0. The van der Waals surface area contributed by atoms with Gasteiger partial charge in [-0.3, -0.25) is 14.5 Å². The molecule has 4 rings (SSSR count). The number of hydrogen-bond donors (Lipinski definition) is 1. The molecule has 1 spiro atoms. The van der Waals surface area contributed by atoms with Crippen LogP contribution in [0.15, 0.2) is 29.2 Å². The van der Waals surface area contributed by atoms with Crippen LogP contribution in [0.5, 0.6) is 0 Å².